The van der Waals surface area contributed by atoms with Gasteiger partial charge < -0.3 is 9.73 Å². The molecule has 18 heavy (non-hydrogen) atoms. The normalized spacial score (nSPS) is 26.7. The highest BCUT2D eigenvalue weighted by molar-refractivity contribution is 5.09. The van der Waals surface area contributed by atoms with Crippen molar-refractivity contribution in [2.24, 2.45) is 5.92 Å². The smallest absolute Gasteiger partial charge is 0.121 e. The van der Waals surface area contributed by atoms with Crippen molar-refractivity contribution in [1.82, 2.24) is 10.2 Å². The molecule has 2 aliphatic rings. The first-order chi connectivity index (χ1) is 8.72. The average molecular weight is 248 g/mol. The van der Waals surface area contributed by atoms with E-state index in [9.17, 15) is 0 Å². The zero-order valence-electron chi connectivity index (χ0n) is 11.5. The second kappa shape index (κ2) is 5.06. The fraction of sp³-hybridized carbons (Fsp3) is 0.733. The maximum absolute atomic E-state index is 5.74. The minimum atomic E-state index is 0.421. The lowest BCUT2D eigenvalue weighted by molar-refractivity contribution is 0.221. The zero-order valence-corrected chi connectivity index (χ0v) is 11.5. The van der Waals surface area contributed by atoms with Gasteiger partial charge in [0, 0.05) is 12.6 Å². The van der Waals surface area contributed by atoms with E-state index in [-0.39, 0.29) is 0 Å². The number of hydrogen-bond acceptors (Lipinski definition) is 3. The molecular formula is C15H24N2O. The molecule has 1 aromatic heterocycles. The Labute approximate surface area is 110 Å². The number of likely N-dealkylation sites (tertiary alicyclic amines) is 1. The molecule has 0 aromatic carbocycles. The van der Waals surface area contributed by atoms with Crippen molar-refractivity contribution in [2.75, 3.05) is 19.6 Å². The van der Waals surface area contributed by atoms with Gasteiger partial charge in [-0.15, -0.1) is 0 Å². The summed E-state index contributed by atoms with van der Waals surface area (Å²) in [6.45, 7) is 7.89. The molecule has 1 saturated carbocycles. The Bertz CT molecular complexity index is 397. The molecule has 1 saturated heterocycles. The third kappa shape index (κ3) is 2.78. The predicted octanol–water partition coefficient (Wildman–Crippen LogP) is 2.72. The predicted molar refractivity (Wildman–Crippen MR) is 72.6 cm³/mol. The van der Waals surface area contributed by atoms with Crippen molar-refractivity contribution in [1.29, 1.82) is 0 Å². The van der Waals surface area contributed by atoms with Crippen molar-refractivity contribution in [3.8, 4) is 0 Å². The lowest BCUT2D eigenvalue weighted by Crippen LogP contribution is -2.29. The van der Waals surface area contributed by atoms with E-state index in [1.807, 2.05) is 6.92 Å². The number of aryl methyl sites for hydroxylation is 1. The molecule has 2 fully saturated rings. The Morgan fingerprint density at radius 3 is 2.89 bits per heavy atom. The van der Waals surface area contributed by atoms with Gasteiger partial charge >= 0.3 is 0 Å². The SMILES string of the molecule is Cc1ccc(C(C)N2CCC(CNC3CC3)C2)o1. The second-order valence-corrected chi connectivity index (χ2v) is 5.96. The van der Waals surface area contributed by atoms with Crippen LogP contribution in [0.2, 0.25) is 0 Å². The minimum absolute atomic E-state index is 0.421. The number of nitrogens with one attached hydrogen (secondary N) is 1. The van der Waals surface area contributed by atoms with Gasteiger partial charge in [0.05, 0.1) is 6.04 Å². The number of hydrogen-bond donors (Lipinski definition) is 1. The van der Waals surface area contributed by atoms with E-state index in [4.69, 9.17) is 4.42 Å². The van der Waals surface area contributed by atoms with Crippen molar-refractivity contribution in [3.05, 3.63) is 23.7 Å². The zero-order chi connectivity index (χ0) is 12.5. The van der Waals surface area contributed by atoms with Gasteiger partial charge in [0.25, 0.3) is 0 Å². The Morgan fingerprint density at radius 2 is 2.22 bits per heavy atom. The lowest BCUT2D eigenvalue weighted by atomic mass is 10.1. The molecule has 0 bridgehead atoms. The Kier molecular flexibility index (Phi) is 3.44. The van der Waals surface area contributed by atoms with Crippen LogP contribution in [0.15, 0.2) is 16.5 Å². The molecule has 2 unspecified atom stereocenters. The van der Waals surface area contributed by atoms with Crippen molar-refractivity contribution >= 4 is 0 Å². The Hall–Kier alpha value is -0.800. The summed E-state index contributed by atoms with van der Waals surface area (Å²) in [7, 11) is 0. The van der Waals surface area contributed by atoms with Gasteiger partial charge in [-0.25, -0.2) is 0 Å². The first kappa shape index (κ1) is 12.2. The van der Waals surface area contributed by atoms with E-state index in [1.54, 1.807) is 0 Å². The molecule has 1 N–H and O–H groups in total. The van der Waals surface area contributed by atoms with Crippen LogP contribution in [0.3, 0.4) is 0 Å². The molecular weight excluding hydrogens is 224 g/mol. The summed E-state index contributed by atoms with van der Waals surface area (Å²) in [6, 6.07) is 5.44. The van der Waals surface area contributed by atoms with Crippen LogP contribution in [0.25, 0.3) is 0 Å². The van der Waals surface area contributed by atoms with Crippen LogP contribution >= 0.6 is 0 Å². The average Bonchev–Trinajstić information content (AvgIpc) is 2.90. The van der Waals surface area contributed by atoms with Gasteiger partial charge in [-0.05, 0) is 64.3 Å². The number of rotatable bonds is 5. The molecule has 3 heteroatoms. The minimum Gasteiger partial charge on any atom is -0.465 e. The molecule has 1 aromatic rings. The number of furan rings is 1. The fourth-order valence-corrected chi connectivity index (χ4v) is 2.86. The van der Waals surface area contributed by atoms with Gasteiger partial charge in [-0.1, -0.05) is 0 Å². The van der Waals surface area contributed by atoms with Gasteiger partial charge in [0.15, 0.2) is 0 Å². The quantitative estimate of drug-likeness (QED) is 0.868. The van der Waals surface area contributed by atoms with Crippen molar-refractivity contribution in [3.63, 3.8) is 0 Å². The van der Waals surface area contributed by atoms with E-state index < -0.39 is 0 Å². The summed E-state index contributed by atoms with van der Waals surface area (Å²) in [5.41, 5.74) is 0. The molecule has 3 rings (SSSR count). The molecule has 100 valence electrons. The maximum Gasteiger partial charge on any atom is 0.121 e. The molecule has 0 amide bonds. The third-order valence-electron chi connectivity index (χ3n) is 4.31. The van der Waals surface area contributed by atoms with Gasteiger partial charge in [0.2, 0.25) is 0 Å². The van der Waals surface area contributed by atoms with Gasteiger partial charge in [-0.3, -0.25) is 4.90 Å². The summed E-state index contributed by atoms with van der Waals surface area (Å²) in [4.78, 5) is 2.55. The summed E-state index contributed by atoms with van der Waals surface area (Å²) in [6.07, 6.45) is 4.10. The molecule has 1 aliphatic carbocycles. The van der Waals surface area contributed by atoms with E-state index in [0.717, 1.165) is 23.5 Å². The maximum atomic E-state index is 5.74. The standard InChI is InChI=1S/C15H24N2O/c1-11-3-6-15(18-11)12(2)17-8-7-13(10-17)9-16-14-4-5-14/h3,6,12-14,16H,4-5,7-10H2,1-2H3. The fourth-order valence-electron chi connectivity index (χ4n) is 2.86. The van der Waals surface area contributed by atoms with Crippen molar-refractivity contribution in [2.45, 2.75) is 45.2 Å². The topological polar surface area (TPSA) is 28.4 Å². The first-order valence-electron chi connectivity index (χ1n) is 7.26. The molecule has 2 atom stereocenters. The summed E-state index contributed by atoms with van der Waals surface area (Å²) >= 11 is 0. The largest absolute Gasteiger partial charge is 0.465 e. The highest BCUT2D eigenvalue weighted by Gasteiger charge is 2.29. The highest BCUT2D eigenvalue weighted by atomic mass is 16.3. The Balaban J connectivity index is 1.51. The van der Waals surface area contributed by atoms with Crippen molar-refractivity contribution < 1.29 is 4.42 Å². The highest BCUT2D eigenvalue weighted by Crippen LogP contribution is 2.28. The Morgan fingerprint density at radius 1 is 1.39 bits per heavy atom. The molecule has 0 spiro atoms. The van der Waals surface area contributed by atoms with Crippen LogP contribution in [0.5, 0.6) is 0 Å². The van der Waals surface area contributed by atoms with Gasteiger partial charge in [0.1, 0.15) is 11.5 Å². The molecule has 3 nitrogen and oxygen atoms in total. The van der Waals surface area contributed by atoms with E-state index in [0.29, 0.717) is 6.04 Å². The van der Waals surface area contributed by atoms with Crippen LogP contribution in [0, 0.1) is 12.8 Å². The van der Waals surface area contributed by atoms with Gasteiger partial charge in [-0.2, -0.15) is 0 Å². The second-order valence-electron chi connectivity index (χ2n) is 5.96. The third-order valence-corrected chi connectivity index (χ3v) is 4.31. The van der Waals surface area contributed by atoms with E-state index in [1.165, 1.54) is 38.9 Å². The molecule has 0 radical (unpaired) electrons. The van der Waals surface area contributed by atoms with E-state index in [2.05, 4.69) is 29.3 Å². The monoisotopic (exact) mass is 248 g/mol. The van der Waals surface area contributed by atoms with Crippen LogP contribution in [-0.4, -0.2) is 30.6 Å². The van der Waals surface area contributed by atoms with E-state index >= 15 is 0 Å². The lowest BCUT2D eigenvalue weighted by Gasteiger charge is -2.22. The summed E-state index contributed by atoms with van der Waals surface area (Å²) in [5, 5.41) is 3.65. The number of nitrogens with zero attached hydrogens (tertiary/aromatic N) is 1. The molecule has 2 heterocycles. The van der Waals surface area contributed by atoms with Crippen LogP contribution in [-0.2, 0) is 0 Å². The first-order valence-corrected chi connectivity index (χ1v) is 7.26. The summed E-state index contributed by atoms with van der Waals surface area (Å²) in [5.74, 6) is 2.95. The summed E-state index contributed by atoms with van der Waals surface area (Å²) < 4.78 is 5.74. The van der Waals surface area contributed by atoms with Crippen LogP contribution in [0.4, 0.5) is 0 Å². The van der Waals surface area contributed by atoms with Crippen LogP contribution in [0.1, 0.15) is 43.7 Å². The van der Waals surface area contributed by atoms with Crippen LogP contribution < -0.4 is 5.32 Å². The molecule has 1 aliphatic heterocycles.